The molecular formula is C20H21N5O3. The topological polar surface area (TPSA) is 101 Å². The first-order valence-electron chi connectivity index (χ1n) is 8.65. The minimum Gasteiger partial charge on any atom is -0.493 e. The second-order valence-corrected chi connectivity index (χ2v) is 6.11. The van der Waals surface area contributed by atoms with Gasteiger partial charge in [-0.1, -0.05) is 35.9 Å². The van der Waals surface area contributed by atoms with Crippen molar-refractivity contribution in [2.45, 2.75) is 20.5 Å². The van der Waals surface area contributed by atoms with E-state index in [0.29, 0.717) is 23.7 Å². The Morgan fingerprint density at radius 1 is 1.18 bits per heavy atom. The molecule has 1 heterocycles. The normalized spacial score (nSPS) is 10.8. The molecule has 0 aliphatic rings. The lowest BCUT2D eigenvalue weighted by molar-refractivity contribution is 0.284. The Hall–Kier alpha value is -3.68. The van der Waals surface area contributed by atoms with Crippen LogP contribution in [0.15, 0.2) is 52.4 Å². The van der Waals surface area contributed by atoms with E-state index in [4.69, 9.17) is 9.47 Å². The molecular weight excluding hydrogens is 358 g/mol. The van der Waals surface area contributed by atoms with Gasteiger partial charge in [0.05, 0.1) is 13.3 Å². The molecule has 2 aromatic carbocycles. The zero-order valence-corrected chi connectivity index (χ0v) is 15.9. The second kappa shape index (κ2) is 8.81. The number of hydrogen-bond acceptors (Lipinski definition) is 7. The molecule has 0 saturated heterocycles. The van der Waals surface area contributed by atoms with Gasteiger partial charge in [-0.15, -0.1) is 10.2 Å². The average Bonchev–Trinajstić information content (AvgIpc) is 2.69. The summed E-state index contributed by atoms with van der Waals surface area (Å²) in [4.78, 5) is 14.1. The van der Waals surface area contributed by atoms with Crippen LogP contribution in [0.3, 0.4) is 0 Å². The fraction of sp³-hybridized carbons (Fsp3) is 0.200. The molecule has 28 heavy (non-hydrogen) atoms. The second-order valence-electron chi connectivity index (χ2n) is 6.11. The minimum atomic E-state index is -0.323. The maximum atomic E-state index is 11.6. The van der Waals surface area contributed by atoms with Gasteiger partial charge in [0.25, 0.3) is 5.56 Å². The lowest BCUT2D eigenvalue weighted by Crippen LogP contribution is -2.15. The molecule has 2 N–H and O–H groups in total. The van der Waals surface area contributed by atoms with Gasteiger partial charge in [-0.25, -0.2) is 5.43 Å². The summed E-state index contributed by atoms with van der Waals surface area (Å²) >= 11 is 0. The van der Waals surface area contributed by atoms with E-state index in [1.807, 2.05) is 43.3 Å². The summed E-state index contributed by atoms with van der Waals surface area (Å²) < 4.78 is 11.4. The number of nitrogens with zero attached hydrogens (tertiary/aromatic N) is 3. The predicted octanol–water partition coefficient (Wildman–Crippen LogP) is 2.82. The van der Waals surface area contributed by atoms with E-state index in [9.17, 15) is 4.79 Å². The van der Waals surface area contributed by atoms with Crippen molar-refractivity contribution in [1.82, 2.24) is 15.2 Å². The predicted molar refractivity (Wildman–Crippen MR) is 107 cm³/mol. The van der Waals surface area contributed by atoms with Crippen molar-refractivity contribution in [2.75, 3.05) is 12.5 Å². The zero-order valence-electron chi connectivity index (χ0n) is 15.9. The number of ether oxygens (including phenoxy) is 2. The number of hydrazone groups is 1. The number of aryl methyl sites for hydroxylation is 2. The first kappa shape index (κ1) is 19.1. The molecule has 0 atom stereocenters. The molecule has 8 heteroatoms. The van der Waals surface area contributed by atoms with E-state index < -0.39 is 0 Å². The highest BCUT2D eigenvalue weighted by atomic mass is 16.5. The molecule has 0 radical (unpaired) electrons. The third-order valence-electron chi connectivity index (χ3n) is 3.93. The third-order valence-corrected chi connectivity index (χ3v) is 3.93. The Morgan fingerprint density at radius 2 is 2.00 bits per heavy atom. The maximum absolute atomic E-state index is 11.6. The number of H-pyrrole nitrogens is 1. The molecule has 0 unspecified atom stereocenters. The van der Waals surface area contributed by atoms with Crippen LogP contribution in [0.25, 0.3) is 0 Å². The number of para-hydroxylation sites is 1. The number of anilines is 1. The van der Waals surface area contributed by atoms with Crippen molar-refractivity contribution in [3.63, 3.8) is 0 Å². The van der Waals surface area contributed by atoms with Crippen LogP contribution in [-0.4, -0.2) is 28.5 Å². The molecule has 0 aliphatic heterocycles. The van der Waals surface area contributed by atoms with Crippen molar-refractivity contribution in [3.8, 4) is 11.5 Å². The van der Waals surface area contributed by atoms with E-state index in [-0.39, 0.29) is 17.2 Å². The largest absolute Gasteiger partial charge is 0.493 e. The minimum absolute atomic E-state index is 0.150. The quantitative estimate of drug-likeness (QED) is 0.483. The van der Waals surface area contributed by atoms with Crippen LogP contribution in [0.4, 0.5) is 5.95 Å². The van der Waals surface area contributed by atoms with E-state index in [2.05, 4.69) is 31.8 Å². The summed E-state index contributed by atoms with van der Waals surface area (Å²) in [6, 6.07) is 13.6. The van der Waals surface area contributed by atoms with Crippen LogP contribution >= 0.6 is 0 Å². The van der Waals surface area contributed by atoms with Gasteiger partial charge >= 0.3 is 0 Å². The lowest BCUT2D eigenvalue weighted by Gasteiger charge is -2.13. The molecule has 0 amide bonds. The van der Waals surface area contributed by atoms with Crippen LogP contribution < -0.4 is 20.5 Å². The summed E-state index contributed by atoms with van der Waals surface area (Å²) in [6.07, 6.45) is 1.56. The summed E-state index contributed by atoms with van der Waals surface area (Å²) in [5, 5.41) is 11.7. The molecule has 0 aliphatic carbocycles. The number of methoxy groups -OCH3 is 1. The van der Waals surface area contributed by atoms with E-state index in [0.717, 1.165) is 5.56 Å². The molecule has 1 aromatic heterocycles. The fourth-order valence-electron chi connectivity index (χ4n) is 2.51. The Morgan fingerprint density at radius 3 is 2.75 bits per heavy atom. The number of aromatic nitrogens is 3. The van der Waals surface area contributed by atoms with E-state index in [1.54, 1.807) is 20.2 Å². The Kier molecular flexibility index (Phi) is 6.01. The first-order chi connectivity index (χ1) is 13.6. The summed E-state index contributed by atoms with van der Waals surface area (Å²) in [7, 11) is 1.58. The Labute approximate surface area is 162 Å². The van der Waals surface area contributed by atoms with Crippen LogP contribution in [0, 0.1) is 13.8 Å². The highest BCUT2D eigenvalue weighted by molar-refractivity contribution is 5.85. The SMILES string of the molecule is COc1cccc(/C=N/Nc2nnc(C)c(=O)[nH]2)c1OCc1cccc(C)c1. The van der Waals surface area contributed by atoms with Crippen LogP contribution in [0.2, 0.25) is 0 Å². The van der Waals surface area contributed by atoms with Crippen LogP contribution in [0.1, 0.15) is 22.4 Å². The van der Waals surface area contributed by atoms with Gasteiger partial charge in [0.1, 0.15) is 12.3 Å². The summed E-state index contributed by atoms with van der Waals surface area (Å²) in [5.41, 5.74) is 5.55. The number of nitrogens with one attached hydrogen (secondary N) is 2. The molecule has 0 spiro atoms. The highest BCUT2D eigenvalue weighted by Crippen LogP contribution is 2.31. The van der Waals surface area contributed by atoms with Crippen molar-refractivity contribution in [1.29, 1.82) is 0 Å². The lowest BCUT2D eigenvalue weighted by atomic mass is 10.1. The molecule has 0 bridgehead atoms. The van der Waals surface area contributed by atoms with Crippen molar-refractivity contribution < 1.29 is 9.47 Å². The average molecular weight is 379 g/mol. The molecule has 0 saturated carbocycles. The number of aromatic amines is 1. The monoisotopic (exact) mass is 379 g/mol. The molecule has 3 rings (SSSR count). The summed E-state index contributed by atoms with van der Waals surface area (Å²) in [5.74, 6) is 1.32. The molecule has 8 nitrogen and oxygen atoms in total. The fourth-order valence-corrected chi connectivity index (χ4v) is 2.51. The van der Waals surface area contributed by atoms with Crippen LogP contribution in [0.5, 0.6) is 11.5 Å². The first-order valence-corrected chi connectivity index (χ1v) is 8.65. The van der Waals surface area contributed by atoms with E-state index >= 15 is 0 Å². The van der Waals surface area contributed by atoms with Gasteiger partial charge in [-0.2, -0.15) is 5.10 Å². The van der Waals surface area contributed by atoms with E-state index in [1.165, 1.54) is 5.56 Å². The van der Waals surface area contributed by atoms with Gasteiger partial charge in [0, 0.05) is 5.56 Å². The standard InChI is InChI=1S/C20H21N5O3/c1-13-6-4-7-15(10-13)12-28-18-16(8-5-9-17(18)27-3)11-21-24-20-22-19(26)14(2)23-25-20/h4-11H,12H2,1-3H3,(H2,22,24,25,26)/b21-11+. The number of hydrogen-bond donors (Lipinski definition) is 2. The van der Waals surface area contributed by atoms with Gasteiger partial charge in [-0.3, -0.25) is 9.78 Å². The third kappa shape index (κ3) is 4.73. The zero-order chi connectivity index (χ0) is 19.9. The van der Waals surface area contributed by atoms with Gasteiger partial charge in [0.15, 0.2) is 11.5 Å². The smallest absolute Gasteiger partial charge is 0.274 e. The Balaban J connectivity index is 1.78. The number of benzene rings is 2. The summed E-state index contributed by atoms with van der Waals surface area (Å²) in [6.45, 7) is 4.01. The van der Waals surface area contributed by atoms with Crippen LogP contribution in [-0.2, 0) is 6.61 Å². The van der Waals surface area contributed by atoms with Crippen molar-refractivity contribution in [2.24, 2.45) is 5.10 Å². The Bertz CT molecular complexity index is 1050. The van der Waals surface area contributed by atoms with Gasteiger partial charge in [-0.05, 0) is 31.5 Å². The van der Waals surface area contributed by atoms with Gasteiger partial charge < -0.3 is 9.47 Å². The molecule has 3 aromatic rings. The van der Waals surface area contributed by atoms with Crippen molar-refractivity contribution in [3.05, 3.63) is 75.2 Å². The maximum Gasteiger partial charge on any atom is 0.274 e. The molecule has 144 valence electrons. The van der Waals surface area contributed by atoms with Crippen molar-refractivity contribution >= 4 is 12.2 Å². The highest BCUT2D eigenvalue weighted by Gasteiger charge is 2.10. The molecule has 0 fully saturated rings. The number of rotatable bonds is 7. The van der Waals surface area contributed by atoms with Gasteiger partial charge in [0.2, 0.25) is 5.95 Å².